The van der Waals surface area contributed by atoms with E-state index in [1.165, 1.54) is 0 Å². The molecule has 0 aliphatic carbocycles. The monoisotopic (exact) mass is 319 g/mol. The molecule has 0 fully saturated rings. The number of carbonyl (C=O) groups excluding carboxylic acids is 1. The highest BCUT2D eigenvalue weighted by atomic mass is 127. The molecule has 15 heavy (non-hydrogen) atoms. The number of hydrogen-bond acceptors (Lipinski definition) is 2. The molecule has 0 spiro atoms. The number of carbonyl (C=O) groups is 1. The van der Waals surface area contributed by atoms with E-state index in [-0.39, 0.29) is 11.9 Å². The lowest BCUT2D eigenvalue weighted by molar-refractivity contribution is 0.0904. The van der Waals surface area contributed by atoms with E-state index in [0.717, 1.165) is 3.57 Å². The van der Waals surface area contributed by atoms with Crippen molar-refractivity contribution in [3.63, 3.8) is 0 Å². The van der Waals surface area contributed by atoms with Crippen LogP contribution in [0.1, 0.15) is 17.3 Å². The molecule has 3 nitrogen and oxygen atoms in total. The van der Waals surface area contributed by atoms with Gasteiger partial charge in [-0.15, -0.1) is 0 Å². The van der Waals surface area contributed by atoms with Crippen LogP contribution < -0.4 is 5.32 Å². The molecule has 0 radical (unpaired) electrons. The average Bonchev–Trinajstić information content (AvgIpc) is 2.18. The summed E-state index contributed by atoms with van der Waals surface area (Å²) in [6.07, 6.45) is 0. The van der Waals surface area contributed by atoms with E-state index in [1.54, 1.807) is 7.11 Å². The minimum absolute atomic E-state index is 0.0264. The van der Waals surface area contributed by atoms with Gasteiger partial charge in [-0.2, -0.15) is 0 Å². The van der Waals surface area contributed by atoms with E-state index < -0.39 is 0 Å². The summed E-state index contributed by atoms with van der Waals surface area (Å²) in [5, 5.41) is 2.87. The molecular formula is C11H14INO2. The highest BCUT2D eigenvalue weighted by molar-refractivity contribution is 14.1. The number of methoxy groups -OCH3 is 1. The number of rotatable bonds is 4. The molecule has 1 aromatic carbocycles. The van der Waals surface area contributed by atoms with Crippen molar-refractivity contribution in [1.82, 2.24) is 5.32 Å². The lowest BCUT2D eigenvalue weighted by Crippen LogP contribution is -2.35. The van der Waals surface area contributed by atoms with Crippen molar-refractivity contribution in [1.29, 1.82) is 0 Å². The predicted molar refractivity (Wildman–Crippen MR) is 68.0 cm³/mol. The number of hydrogen-bond donors (Lipinski definition) is 1. The van der Waals surface area contributed by atoms with Crippen LogP contribution in [0.25, 0.3) is 0 Å². The molecule has 1 rings (SSSR count). The second kappa shape index (κ2) is 6.07. The zero-order valence-corrected chi connectivity index (χ0v) is 10.9. The molecule has 0 aromatic heterocycles. The maximum atomic E-state index is 11.8. The molecule has 4 heteroatoms. The van der Waals surface area contributed by atoms with Crippen LogP contribution in [0.2, 0.25) is 0 Å². The molecule has 0 saturated carbocycles. The van der Waals surface area contributed by atoms with Gasteiger partial charge in [0.05, 0.1) is 12.2 Å². The van der Waals surface area contributed by atoms with Crippen LogP contribution in [0.5, 0.6) is 0 Å². The van der Waals surface area contributed by atoms with Gasteiger partial charge in [0, 0.05) is 16.7 Å². The van der Waals surface area contributed by atoms with Gasteiger partial charge in [0.15, 0.2) is 0 Å². The van der Waals surface area contributed by atoms with Crippen LogP contribution in [0.4, 0.5) is 0 Å². The van der Waals surface area contributed by atoms with Gasteiger partial charge in [-0.25, -0.2) is 0 Å². The predicted octanol–water partition coefficient (Wildman–Crippen LogP) is 2.06. The summed E-state index contributed by atoms with van der Waals surface area (Å²) < 4.78 is 5.91. The average molecular weight is 319 g/mol. The molecule has 0 bridgehead atoms. The lowest BCUT2D eigenvalue weighted by Gasteiger charge is -2.13. The Bertz CT molecular complexity index is 341. The van der Waals surface area contributed by atoms with E-state index in [0.29, 0.717) is 12.2 Å². The lowest BCUT2D eigenvalue weighted by atomic mass is 10.2. The summed E-state index contributed by atoms with van der Waals surface area (Å²) in [4.78, 5) is 11.8. The molecule has 0 heterocycles. The van der Waals surface area contributed by atoms with Crippen LogP contribution in [0.15, 0.2) is 24.3 Å². The number of nitrogens with one attached hydrogen (secondary N) is 1. The molecule has 0 saturated heterocycles. The Balaban J connectivity index is 2.65. The Labute approximate surface area is 103 Å². The largest absolute Gasteiger partial charge is 0.383 e. The Kier molecular flexibility index (Phi) is 5.04. The zero-order valence-electron chi connectivity index (χ0n) is 8.79. The van der Waals surface area contributed by atoms with Crippen molar-refractivity contribution >= 4 is 28.5 Å². The first-order chi connectivity index (χ1) is 7.15. The van der Waals surface area contributed by atoms with Gasteiger partial charge in [-0.3, -0.25) is 4.79 Å². The zero-order chi connectivity index (χ0) is 11.3. The Morgan fingerprint density at radius 3 is 2.80 bits per heavy atom. The second-order valence-electron chi connectivity index (χ2n) is 3.31. The van der Waals surface area contributed by atoms with Crippen molar-refractivity contribution in [2.24, 2.45) is 0 Å². The van der Waals surface area contributed by atoms with Crippen molar-refractivity contribution < 1.29 is 9.53 Å². The minimum atomic E-state index is -0.0513. The molecule has 0 aliphatic heterocycles. The molecule has 1 atom stereocenters. The first-order valence-corrected chi connectivity index (χ1v) is 5.77. The number of amides is 1. The summed E-state index contributed by atoms with van der Waals surface area (Å²) >= 11 is 2.15. The highest BCUT2D eigenvalue weighted by Gasteiger charge is 2.11. The van der Waals surface area contributed by atoms with E-state index in [1.807, 2.05) is 31.2 Å². The van der Waals surface area contributed by atoms with Gasteiger partial charge in [0.25, 0.3) is 5.91 Å². The van der Waals surface area contributed by atoms with Crippen LogP contribution in [-0.4, -0.2) is 25.7 Å². The summed E-state index contributed by atoms with van der Waals surface area (Å²) in [5.41, 5.74) is 0.709. The third kappa shape index (κ3) is 3.79. The van der Waals surface area contributed by atoms with Gasteiger partial charge in [-0.05, 0) is 41.6 Å². The first-order valence-electron chi connectivity index (χ1n) is 4.69. The fourth-order valence-corrected chi connectivity index (χ4v) is 1.87. The van der Waals surface area contributed by atoms with E-state index >= 15 is 0 Å². The van der Waals surface area contributed by atoms with Gasteiger partial charge in [-0.1, -0.05) is 12.1 Å². The van der Waals surface area contributed by atoms with Gasteiger partial charge >= 0.3 is 0 Å². The molecule has 1 aromatic rings. The maximum absolute atomic E-state index is 11.8. The van der Waals surface area contributed by atoms with Crippen molar-refractivity contribution in [3.8, 4) is 0 Å². The van der Waals surface area contributed by atoms with Crippen molar-refractivity contribution in [2.75, 3.05) is 13.7 Å². The standard InChI is InChI=1S/C11H14INO2/c1-8(7-15-2)13-11(14)9-5-3-4-6-10(9)12/h3-6,8H,7H2,1-2H3,(H,13,14)/t8-/m1/s1. The quantitative estimate of drug-likeness (QED) is 0.863. The van der Waals surface area contributed by atoms with Crippen molar-refractivity contribution in [3.05, 3.63) is 33.4 Å². The fourth-order valence-electron chi connectivity index (χ4n) is 1.24. The van der Waals surface area contributed by atoms with E-state index in [4.69, 9.17) is 4.74 Å². The number of halogens is 1. The fraction of sp³-hybridized carbons (Fsp3) is 0.364. The summed E-state index contributed by atoms with van der Waals surface area (Å²) in [6.45, 7) is 2.44. The van der Waals surface area contributed by atoms with Gasteiger partial charge in [0.2, 0.25) is 0 Å². The van der Waals surface area contributed by atoms with Crippen LogP contribution in [0.3, 0.4) is 0 Å². The third-order valence-corrected chi connectivity index (χ3v) is 2.85. The topological polar surface area (TPSA) is 38.3 Å². The Hall–Kier alpha value is -0.620. The summed E-state index contributed by atoms with van der Waals surface area (Å²) in [7, 11) is 1.62. The number of benzene rings is 1. The minimum Gasteiger partial charge on any atom is -0.383 e. The van der Waals surface area contributed by atoms with E-state index in [2.05, 4.69) is 27.9 Å². The van der Waals surface area contributed by atoms with Crippen LogP contribution >= 0.6 is 22.6 Å². The molecule has 0 aliphatic rings. The number of ether oxygens (including phenoxy) is 1. The first kappa shape index (κ1) is 12.4. The SMILES string of the molecule is COC[C@@H](C)NC(=O)c1ccccc1I. The molecule has 1 N–H and O–H groups in total. The van der Waals surface area contributed by atoms with Gasteiger partial charge in [0.1, 0.15) is 0 Å². The molecule has 82 valence electrons. The molecular weight excluding hydrogens is 305 g/mol. The third-order valence-electron chi connectivity index (χ3n) is 1.91. The molecule has 1 amide bonds. The normalized spacial score (nSPS) is 12.2. The summed E-state index contributed by atoms with van der Waals surface area (Å²) in [5.74, 6) is -0.0513. The Morgan fingerprint density at radius 2 is 2.20 bits per heavy atom. The van der Waals surface area contributed by atoms with Crippen LogP contribution in [0, 0.1) is 3.57 Å². The maximum Gasteiger partial charge on any atom is 0.252 e. The van der Waals surface area contributed by atoms with E-state index in [9.17, 15) is 4.79 Å². The smallest absolute Gasteiger partial charge is 0.252 e. The van der Waals surface area contributed by atoms with Crippen molar-refractivity contribution in [2.45, 2.75) is 13.0 Å². The summed E-state index contributed by atoms with van der Waals surface area (Å²) in [6, 6.07) is 7.53. The highest BCUT2D eigenvalue weighted by Crippen LogP contribution is 2.11. The van der Waals surface area contributed by atoms with Gasteiger partial charge < -0.3 is 10.1 Å². The Morgan fingerprint density at radius 1 is 1.53 bits per heavy atom. The second-order valence-corrected chi connectivity index (χ2v) is 4.47. The van der Waals surface area contributed by atoms with Crippen LogP contribution in [-0.2, 0) is 4.74 Å². The molecule has 0 unspecified atom stereocenters.